The summed E-state index contributed by atoms with van der Waals surface area (Å²) in [5.41, 5.74) is 14.1. The van der Waals surface area contributed by atoms with Crippen LogP contribution >= 0.6 is 0 Å². The molecule has 1 aromatic rings. The first-order valence-electron chi connectivity index (χ1n) is 8.07. The Hall–Kier alpha value is -2.90. The first-order valence-corrected chi connectivity index (χ1v) is 8.07. The largest absolute Gasteiger partial charge is 0.382 e. The van der Waals surface area contributed by atoms with Crippen LogP contribution in [0.5, 0.6) is 0 Å². The molecule has 1 saturated heterocycles. The molecule has 24 heavy (non-hydrogen) atoms. The number of carbonyl (C=O) groups is 1. The standard InChI is InChI=1S/C16H21N7O/c1-2-23-15(17)14(10-19-23)20-12-6-5-11(22-7-3-4-8-22)9-13(12)21-16(18)24/h5-6,9-10H,2-4,7-8H2,1H3,(H4,17,18,19,21,24)/p+1. The molecule has 8 heteroatoms. The Morgan fingerprint density at radius 2 is 2.17 bits per heavy atom. The summed E-state index contributed by atoms with van der Waals surface area (Å²) in [5, 5.41) is 6.83. The van der Waals surface area contributed by atoms with Crippen molar-refractivity contribution in [1.29, 1.82) is 0 Å². The molecule has 1 fully saturated rings. The number of urea groups is 1. The monoisotopic (exact) mass is 328 g/mol. The van der Waals surface area contributed by atoms with Crippen molar-refractivity contribution in [2.45, 2.75) is 26.3 Å². The van der Waals surface area contributed by atoms with Gasteiger partial charge >= 0.3 is 6.03 Å². The maximum atomic E-state index is 11.3. The third-order valence-electron chi connectivity index (χ3n) is 4.11. The lowest BCUT2D eigenvalue weighted by Gasteiger charge is -2.12. The van der Waals surface area contributed by atoms with E-state index in [1.54, 1.807) is 10.9 Å². The number of nitrogens with two attached hydrogens (primary N) is 2. The van der Waals surface area contributed by atoms with E-state index in [1.165, 1.54) is 12.8 Å². The fourth-order valence-corrected chi connectivity index (χ4v) is 2.88. The van der Waals surface area contributed by atoms with Crippen molar-refractivity contribution in [3.63, 3.8) is 0 Å². The summed E-state index contributed by atoms with van der Waals surface area (Å²) < 4.78 is 3.94. The van der Waals surface area contributed by atoms with Crippen molar-refractivity contribution >= 4 is 29.0 Å². The number of nitrogens with zero attached hydrogens (tertiary/aromatic N) is 4. The molecule has 2 aliphatic rings. The summed E-state index contributed by atoms with van der Waals surface area (Å²) in [6, 6.07) is -0.623. The quantitative estimate of drug-likeness (QED) is 0.566. The molecule has 1 aromatic heterocycles. The maximum Gasteiger partial charge on any atom is 0.316 e. The summed E-state index contributed by atoms with van der Waals surface area (Å²) in [5.74, 6) is 0.492. The lowest BCUT2D eigenvalue weighted by molar-refractivity contribution is -0.504. The molecule has 1 aliphatic carbocycles. The van der Waals surface area contributed by atoms with Crippen molar-refractivity contribution < 1.29 is 9.37 Å². The number of nitrogens with one attached hydrogen (secondary N) is 1. The van der Waals surface area contributed by atoms with E-state index in [0.717, 1.165) is 18.8 Å². The summed E-state index contributed by atoms with van der Waals surface area (Å²) >= 11 is 0. The predicted molar refractivity (Wildman–Crippen MR) is 93.6 cm³/mol. The number of allylic oxidation sites excluding steroid dienone is 3. The van der Waals surface area contributed by atoms with Crippen LogP contribution in [-0.4, -0.2) is 44.9 Å². The van der Waals surface area contributed by atoms with Gasteiger partial charge in [-0.3, -0.25) is 0 Å². The van der Waals surface area contributed by atoms with Crippen LogP contribution in [0.2, 0.25) is 0 Å². The Kier molecular flexibility index (Phi) is 4.45. The van der Waals surface area contributed by atoms with E-state index in [2.05, 4.69) is 20.0 Å². The molecule has 1 aliphatic heterocycles. The van der Waals surface area contributed by atoms with Gasteiger partial charge in [-0.15, -0.1) is 0 Å². The predicted octanol–water partition coefficient (Wildman–Crippen LogP) is 0.927. The molecule has 0 spiro atoms. The molecule has 5 N–H and O–H groups in total. The number of aryl methyl sites for hydroxylation is 1. The SMILES string of the molecule is CCn1ncc(/N=C2/C=CC(=[N+]3CCCC3)C=C2NC(N)=O)c1N. The Morgan fingerprint density at radius 3 is 2.79 bits per heavy atom. The zero-order chi connectivity index (χ0) is 17.1. The molecule has 0 bridgehead atoms. The Morgan fingerprint density at radius 1 is 1.42 bits per heavy atom. The van der Waals surface area contributed by atoms with Gasteiger partial charge in [-0.2, -0.15) is 5.10 Å². The van der Waals surface area contributed by atoms with Gasteiger partial charge < -0.3 is 16.8 Å². The number of aliphatic imine (C=N–C) groups is 1. The van der Waals surface area contributed by atoms with Gasteiger partial charge in [-0.25, -0.2) is 19.0 Å². The summed E-state index contributed by atoms with van der Waals surface area (Å²) in [6.45, 7) is 4.66. The van der Waals surface area contributed by atoms with Crippen LogP contribution in [-0.2, 0) is 6.54 Å². The fraction of sp³-hybridized carbons (Fsp3) is 0.375. The van der Waals surface area contributed by atoms with Gasteiger partial charge in [0.25, 0.3) is 0 Å². The molecule has 2 heterocycles. The van der Waals surface area contributed by atoms with Gasteiger partial charge in [0.1, 0.15) is 24.6 Å². The average Bonchev–Trinajstić information content (AvgIpc) is 3.19. The Bertz CT molecular complexity index is 774. The number of hydrogen-bond acceptors (Lipinski definition) is 4. The van der Waals surface area contributed by atoms with Crippen molar-refractivity contribution in [2.24, 2.45) is 10.7 Å². The van der Waals surface area contributed by atoms with Crippen molar-refractivity contribution in [3.8, 4) is 0 Å². The van der Waals surface area contributed by atoms with E-state index in [1.807, 2.05) is 25.2 Å². The normalized spacial score (nSPS) is 19.0. The molecule has 0 unspecified atom stereocenters. The summed E-state index contributed by atoms with van der Waals surface area (Å²) in [6.07, 6.45) is 9.73. The molecular weight excluding hydrogens is 306 g/mol. The topological polar surface area (TPSA) is 114 Å². The second-order valence-electron chi connectivity index (χ2n) is 5.73. The van der Waals surface area contributed by atoms with Gasteiger partial charge in [0.2, 0.25) is 5.71 Å². The number of carbonyl (C=O) groups excluding carboxylic acids is 1. The smallest absolute Gasteiger partial charge is 0.316 e. The van der Waals surface area contributed by atoms with Gasteiger partial charge in [-0.05, 0) is 13.0 Å². The van der Waals surface area contributed by atoms with Crippen LogP contribution < -0.4 is 16.8 Å². The molecule has 3 rings (SSSR count). The Labute approximate surface area is 140 Å². The van der Waals surface area contributed by atoms with E-state index in [-0.39, 0.29) is 0 Å². The number of hydrogen-bond donors (Lipinski definition) is 3. The first-order chi connectivity index (χ1) is 11.6. The lowest BCUT2D eigenvalue weighted by Crippen LogP contribution is -2.34. The second kappa shape index (κ2) is 6.69. The van der Waals surface area contributed by atoms with E-state index in [9.17, 15) is 4.79 Å². The molecule has 2 amide bonds. The first kappa shape index (κ1) is 16.0. The van der Waals surface area contributed by atoms with Crippen LogP contribution in [0.3, 0.4) is 0 Å². The minimum atomic E-state index is -0.623. The number of amides is 2. The van der Waals surface area contributed by atoms with Crippen LogP contribution in [0.25, 0.3) is 0 Å². The zero-order valence-corrected chi connectivity index (χ0v) is 13.7. The van der Waals surface area contributed by atoms with Crippen LogP contribution in [0.4, 0.5) is 16.3 Å². The second-order valence-corrected chi connectivity index (χ2v) is 5.73. The third kappa shape index (κ3) is 3.22. The number of primary amides is 1. The highest BCUT2D eigenvalue weighted by Crippen LogP contribution is 2.23. The molecule has 126 valence electrons. The number of anilines is 1. The van der Waals surface area contributed by atoms with Gasteiger partial charge in [0.15, 0.2) is 0 Å². The maximum absolute atomic E-state index is 11.3. The molecular formula is C16H22N7O+. The highest BCUT2D eigenvalue weighted by atomic mass is 16.2. The lowest BCUT2D eigenvalue weighted by atomic mass is 10.1. The summed E-state index contributed by atoms with van der Waals surface area (Å²) in [4.78, 5) is 15.9. The molecule has 0 aromatic carbocycles. The molecule has 0 radical (unpaired) electrons. The molecule has 8 nitrogen and oxygen atoms in total. The fourth-order valence-electron chi connectivity index (χ4n) is 2.88. The Balaban J connectivity index is 1.97. The highest BCUT2D eigenvalue weighted by molar-refractivity contribution is 6.21. The third-order valence-corrected chi connectivity index (χ3v) is 4.11. The molecule has 0 saturated carbocycles. The number of aromatic nitrogens is 2. The van der Waals surface area contributed by atoms with Gasteiger partial charge in [0.05, 0.1) is 17.6 Å². The van der Waals surface area contributed by atoms with E-state index >= 15 is 0 Å². The average molecular weight is 328 g/mol. The minimum Gasteiger partial charge on any atom is -0.382 e. The minimum absolute atomic E-state index is 0.492. The van der Waals surface area contributed by atoms with E-state index in [0.29, 0.717) is 29.5 Å². The van der Waals surface area contributed by atoms with E-state index in [4.69, 9.17) is 11.5 Å². The highest BCUT2D eigenvalue weighted by Gasteiger charge is 2.22. The van der Waals surface area contributed by atoms with Crippen molar-refractivity contribution in [1.82, 2.24) is 15.1 Å². The molecule has 0 atom stereocenters. The number of nitrogen functional groups attached to an aromatic ring is 1. The van der Waals surface area contributed by atoms with Crippen LogP contribution in [0, 0.1) is 0 Å². The van der Waals surface area contributed by atoms with Crippen LogP contribution in [0.15, 0.2) is 35.1 Å². The van der Waals surface area contributed by atoms with Crippen molar-refractivity contribution in [3.05, 3.63) is 30.1 Å². The van der Waals surface area contributed by atoms with Gasteiger partial charge in [0, 0.05) is 31.5 Å². The summed E-state index contributed by atoms with van der Waals surface area (Å²) in [7, 11) is 0. The van der Waals surface area contributed by atoms with Crippen LogP contribution in [0.1, 0.15) is 19.8 Å². The van der Waals surface area contributed by atoms with Gasteiger partial charge in [-0.1, -0.05) is 0 Å². The number of rotatable bonds is 3. The zero-order valence-electron chi connectivity index (χ0n) is 13.7. The van der Waals surface area contributed by atoms with E-state index < -0.39 is 6.03 Å². The van der Waals surface area contributed by atoms with Crippen molar-refractivity contribution in [2.75, 3.05) is 18.8 Å².